The Kier molecular flexibility index (Phi) is 6.91. The summed E-state index contributed by atoms with van der Waals surface area (Å²) < 4.78 is 26.9. The predicted molar refractivity (Wildman–Crippen MR) is 115 cm³/mol. The maximum absolute atomic E-state index is 12.9. The van der Waals surface area contributed by atoms with Crippen LogP contribution in [0.3, 0.4) is 0 Å². The summed E-state index contributed by atoms with van der Waals surface area (Å²) in [5.74, 6) is -0.446. The van der Waals surface area contributed by atoms with E-state index in [1.54, 1.807) is 13.8 Å². The number of hydrogen-bond donors (Lipinski definition) is 1. The van der Waals surface area contributed by atoms with Crippen LogP contribution in [-0.2, 0) is 15.4 Å². The lowest BCUT2D eigenvalue weighted by molar-refractivity contribution is 0.102. The molecule has 0 aliphatic carbocycles. The van der Waals surface area contributed by atoms with Crippen molar-refractivity contribution < 1.29 is 13.2 Å². The Morgan fingerprint density at radius 1 is 1.07 bits per heavy atom. The number of para-hydroxylation sites is 1. The molecule has 1 N–H and O–H groups in total. The Balaban J connectivity index is 2.43. The largest absolute Gasteiger partial charge is 0.322 e. The van der Waals surface area contributed by atoms with Gasteiger partial charge in [-0.05, 0) is 35.2 Å². The minimum atomic E-state index is -3.68. The fraction of sp³-hybridized carbons (Fsp3) is 0.381. The third-order valence-corrected chi connectivity index (χ3v) is 6.88. The number of nitrogens with zero attached hydrogens (tertiary/aromatic N) is 1. The Morgan fingerprint density at radius 2 is 1.68 bits per heavy atom. The minimum absolute atomic E-state index is 0.0508. The van der Waals surface area contributed by atoms with Crippen LogP contribution >= 0.6 is 11.6 Å². The van der Waals surface area contributed by atoms with Crippen molar-refractivity contribution >= 4 is 33.2 Å². The number of amides is 1. The van der Waals surface area contributed by atoms with Gasteiger partial charge in [-0.2, -0.15) is 4.31 Å². The van der Waals surface area contributed by atoms with Gasteiger partial charge in [-0.15, -0.1) is 0 Å². The first-order valence-electron chi connectivity index (χ1n) is 9.23. The molecule has 2 aromatic carbocycles. The van der Waals surface area contributed by atoms with Gasteiger partial charge in [0.15, 0.2) is 0 Å². The fourth-order valence-corrected chi connectivity index (χ4v) is 4.68. The molecule has 0 fully saturated rings. The second-order valence-corrected chi connectivity index (χ2v) is 9.83. The molecular formula is C21H27ClN2O3S. The van der Waals surface area contributed by atoms with Crippen molar-refractivity contribution in [3.05, 3.63) is 58.6 Å². The first kappa shape index (κ1) is 22.4. The van der Waals surface area contributed by atoms with Gasteiger partial charge in [0.1, 0.15) is 0 Å². The summed E-state index contributed by atoms with van der Waals surface area (Å²) in [5.41, 5.74) is 1.61. The lowest BCUT2D eigenvalue weighted by atomic mass is 9.86. The van der Waals surface area contributed by atoms with E-state index in [-0.39, 0.29) is 20.9 Å². The maximum Gasteiger partial charge on any atom is 0.257 e. The SMILES string of the molecule is CCN(CC)S(=O)(=O)c1ccc(Cl)c(C(=O)Nc2ccccc2C(C)(C)C)c1. The van der Waals surface area contributed by atoms with Crippen molar-refractivity contribution in [3.63, 3.8) is 0 Å². The van der Waals surface area contributed by atoms with Crippen molar-refractivity contribution in [1.29, 1.82) is 0 Å². The number of halogens is 1. The van der Waals surface area contributed by atoms with Gasteiger partial charge >= 0.3 is 0 Å². The molecular weight excluding hydrogens is 396 g/mol. The second-order valence-electron chi connectivity index (χ2n) is 7.48. The minimum Gasteiger partial charge on any atom is -0.322 e. The molecule has 0 saturated carbocycles. The number of anilines is 1. The number of sulfonamides is 1. The zero-order valence-electron chi connectivity index (χ0n) is 16.9. The van der Waals surface area contributed by atoms with Gasteiger partial charge in [-0.25, -0.2) is 8.42 Å². The number of hydrogen-bond acceptors (Lipinski definition) is 3. The highest BCUT2D eigenvalue weighted by Gasteiger charge is 2.25. The Hall–Kier alpha value is -1.89. The first-order chi connectivity index (χ1) is 13.0. The van der Waals surface area contributed by atoms with E-state index < -0.39 is 15.9 Å². The molecule has 0 bridgehead atoms. The highest BCUT2D eigenvalue weighted by atomic mass is 35.5. The Labute approximate surface area is 172 Å². The summed E-state index contributed by atoms with van der Waals surface area (Å²) in [7, 11) is -3.68. The number of carbonyl (C=O) groups is 1. The third-order valence-electron chi connectivity index (χ3n) is 4.51. The van der Waals surface area contributed by atoms with Crippen molar-refractivity contribution in [3.8, 4) is 0 Å². The molecule has 0 heterocycles. The molecule has 2 aromatic rings. The zero-order valence-corrected chi connectivity index (χ0v) is 18.5. The van der Waals surface area contributed by atoms with Crippen molar-refractivity contribution in [1.82, 2.24) is 4.31 Å². The quantitative estimate of drug-likeness (QED) is 0.718. The average Bonchev–Trinajstić information content (AvgIpc) is 2.62. The number of nitrogens with one attached hydrogen (secondary N) is 1. The monoisotopic (exact) mass is 422 g/mol. The van der Waals surface area contributed by atoms with Gasteiger partial charge in [-0.1, -0.05) is 64.4 Å². The molecule has 1 amide bonds. The normalized spacial score (nSPS) is 12.2. The summed E-state index contributed by atoms with van der Waals surface area (Å²) in [6.07, 6.45) is 0. The van der Waals surface area contributed by atoms with E-state index in [9.17, 15) is 13.2 Å². The molecule has 0 unspecified atom stereocenters. The van der Waals surface area contributed by atoms with Crippen LogP contribution in [0.5, 0.6) is 0 Å². The van der Waals surface area contributed by atoms with E-state index in [1.165, 1.54) is 22.5 Å². The smallest absolute Gasteiger partial charge is 0.257 e. The molecule has 7 heteroatoms. The number of rotatable bonds is 6. The zero-order chi connectivity index (χ0) is 21.1. The van der Waals surface area contributed by atoms with E-state index in [0.29, 0.717) is 18.8 Å². The van der Waals surface area contributed by atoms with Crippen LogP contribution in [0.4, 0.5) is 5.69 Å². The fourth-order valence-electron chi connectivity index (χ4n) is 2.99. The topological polar surface area (TPSA) is 66.5 Å². The van der Waals surface area contributed by atoms with E-state index in [4.69, 9.17) is 11.6 Å². The molecule has 0 atom stereocenters. The van der Waals surface area contributed by atoms with Gasteiger partial charge in [0.05, 0.1) is 15.5 Å². The van der Waals surface area contributed by atoms with Crippen LogP contribution in [-0.4, -0.2) is 31.7 Å². The van der Waals surface area contributed by atoms with Crippen LogP contribution in [0.15, 0.2) is 47.4 Å². The molecule has 5 nitrogen and oxygen atoms in total. The van der Waals surface area contributed by atoms with Crippen LogP contribution in [0.25, 0.3) is 0 Å². The van der Waals surface area contributed by atoms with Crippen molar-refractivity contribution in [2.45, 2.75) is 44.9 Å². The molecule has 0 aromatic heterocycles. The number of carbonyl (C=O) groups excluding carboxylic acids is 1. The Morgan fingerprint density at radius 3 is 2.25 bits per heavy atom. The molecule has 0 radical (unpaired) electrons. The van der Waals surface area contributed by atoms with Crippen LogP contribution in [0.1, 0.15) is 50.5 Å². The van der Waals surface area contributed by atoms with E-state index in [1.807, 2.05) is 24.3 Å². The lowest BCUT2D eigenvalue weighted by Gasteiger charge is -2.23. The summed E-state index contributed by atoms with van der Waals surface area (Å²) in [4.78, 5) is 12.9. The lowest BCUT2D eigenvalue weighted by Crippen LogP contribution is -2.30. The van der Waals surface area contributed by atoms with Gasteiger partial charge < -0.3 is 5.32 Å². The van der Waals surface area contributed by atoms with E-state index in [2.05, 4.69) is 26.1 Å². The van der Waals surface area contributed by atoms with Crippen LogP contribution in [0.2, 0.25) is 5.02 Å². The molecule has 0 spiro atoms. The summed E-state index contributed by atoms with van der Waals surface area (Å²) >= 11 is 6.22. The van der Waals surface area contributed by atoms with Crippen molar-refractivity contribution in [2.24, 2.45) is 0 Å². The molecule has 152 valence electrons. The summed E-state index contributed by atoms with van der Waals surface area (Å²) in [5, 5.41) is 3.08. The molecule has 2 rings (SSSR count). The first-order valence-corrected chi connectivity index (χ1v) is 11.0. The van der Waals surface area contributed by atoms with E-state index >= 15 is 0 Å². The predicted octanol–water partition coefficient (Wildman–Crippen LogP) is 4.92. The third kappa shape index (κ3) is 4.74. The summed E-state index contributed by atoms with van der Waals surface area (Å²) in [6, 6.07) is 11.7. The maximum atomic E-state index is 12.9. The molecule has 0 saturated heterocycles. The average molecular weight is 423 g/mol. The standard InChI is InChI=1S/C21H27ClN2O3S/c1-6-24(7-2)28(26,27)15-12-13-18(22)16(14-15)20(25)23-19-11-9-8-10-17(19)21(3,4)5/h8-14H,6-7H2,1-5H3,(H,23,25). The number of benzene rings is 2. The van der Waals surface area contributed by atoms with Crippen LogP contribution in [0, 0.1) is 0 Å². The molecule has 28 heavy (non-hydrogen) atoms. The summed E-state index contributed by atoms with van der Waals surface area (Å²) in [6.45, 7) is 10.4. The van der Waals surface area contributed by atoms with Crippen molar-refractivity contribution in [2.75, 3.05) is 18.4 Å². The van der Waals surface area contributed by atoms with Crippen LogP contribution < -0.4 is 5.32 Å². The van der Waals surface area contributed by atoms with Gasteiger partial charge in [0, 0.05) is 18.8 Å². The molecule has 0 aliphatic rings. The van der Waals surface area contributed by atoms with Gasteiger partial charge in [0.25, 0.3) is 5.91 Å². The van der Waals surface area contributed by atoms with E-state index in [0.717, 1.165) is 5.56 Å². The van der Waals surface area contributed by atoms with Gasteiger partial charge in [-0.3, -0.25) is 4.79 Å². The highest BCUT2D eigenvalue weighted by molar-refractivity contribution is 7.89. The van der Waals surface area contributed by atoms with Gasteiger partial charge in [0.2, 0.25) is 10.0 Å². The molecule has 0 aliphatic heterocycles. The highest BCUT2D eigenvalue weighted by Crippen LogP contribution is 2.30. The Bertz CT molecular complexity index is 962. The second kappa shape index (κ2) is 8.64.